The van der Waals surface area contributed by atoms with Gasteiger partial charge in [0.1, 0.15) is 0 Å². The Morgan fingerprint density at radius 3 is 3.00 bits per heavy atom. The minimum absolute atomic E-state index is 0.137. The van der Waals surface area contributed by atoms with Crippen molar-refractivity contribution in [1.82, 2.24) is 0 Å². The van der Waals surface area contributed by atoms with Gasteiger partial charge in [-0.15, -0.1) is 0 Å². The van der Waals surface area contributed by atoms with Crippen LogP contribution in [0.25, 0.3) is 0 Å². The number of hydrogen-bond acceptors (Lipinski definition) is 2. The van der Waals surface area contributed by atoms with E-state index < -0.39 is 0 Å². The summed E-state index contributed by atoms with van der Waals surface area (Å²) in [6, 6.07) is 0. The van der Waals surface area contributed by atoms with Crippen LogP contribution >= 0.6 is 0 Å². The summed E-state index contributed by atoms with van der Waals surface area (Å²) in [7, 11) is 0. The molecule has 0 bridgehead atoms. The van der Waals surface area contributed by atoms with E-state index in [4.69, 9.17) is 4.74 Å². The van der Waals surface area contributed by atoms with Crippen molar-refractivity contribution in [2.75, 3.05) is 6.61 Å². The van der Waals surface area contributed by atoms with Crippen LogP contribution in [0.5, 0.6) is 0 Å². The summed E-state index contributed by atoms with van der Waals surface area (Å²) in [4.78, 5) is 0. The third kappa shape index (κ3) is 1.17. The molecule has 1 N–H and O–H groups in total. The van der Waals surface area contributed by atoms with Crippen LogP contribution in [0.3, 0.4) is 0 Å². The molecule has 0 spiro atoms. The molecular weight excluding hydrogens is 152 g/mol. The highest BCUT2D eigenvalue weighted by atomic mass is 16.5. The molecule has 2 nitrogen and oxygen atoms in total. The Labute approximate surface area is 73.9 Å². The lowest BCUT2D eigenvalue weighted by Gasteiger charge is -2.36. The van der Waals surface area contributed by atoms with Gasteiger partial charge in [0.15, 0.2) is 0 Å². The minimum Gasteiger partial charge on any atom is -0.396 e. The Bertz CT molecular complexity index is 169. The van der Waals surface area contributed by atoms with Crippen LogP contribution < -0.4 is 0 Å². The average Bonchev–Trinajstić information content (AvgIpc) is 2.41. The molecule has 0 unspecified atom stereocenters. The quantitative estimate of drug-likeness (QED) is 0.649. The first kappa shape index (κ1) is 8.52. The average molecular weight is 170 g/mol. The summed E-state index contributed by atoms with van der Waals surface area (Å²) in [6.07, 6.45) is 6.65. The van der Waals surface area contributed by atoms with Gasteiger partial charge in [0.2, 0.25) is 0 Å². The number of hydrogen-bond donors (Lipinski definition) is 1. The van der Waals surface area contributed by atoms with Crippen molar-refractivity contribution in [2.24, 2.45) is 5.41 Å². The predicted octanol–water partition coefficient (Wildman–Crippen LogP) is 1.72. The predicted molar refractivity (Wildman–Crippen MR) is 46.9 cm³/mol. The van der Waals surface area contributed by atoms with Crippen LogP contribution in [0.4, 0.5) is 0 Å². The number of aliphatic hydroxyl groups is 1. The van der Waals surface area contributed by atoms with Gasteiger partial charge >= 0.3 is 0 Å². The van der Waals surface area contributed by atoms with Crippen molar-refractivity contribution in [3.8, 4) is 0 Å². The first-order valence-corrected chi connectivity index (χ1v) is 5.03. The smallest absolute Gasteiger partial charge is 0.0657 e. The van der Waals surface area contributed by atoms with Gasteiger partial charge in [-0.05, 0) is 26.2 Å². The molecule has 2 heteroatoms. The zero-order valence-electron chi connectivity index (χ0n) is 7.75. The molecule has 0 radical (unpaired) electrons. The molecule has 1 aliphatic carbocycles. The van der Waals surface area contributed by atoms with E-state index in [2.05, 4.69) is 6.92 Å². The zero-order chi connectivity index (χ0) is 8.60. The topological polar surface area (TPSA) is 29.5 Å². The van der Waals surface area contributed by atoms with E-state index in [-0.39, 0.29) is 5.41 Å². The van der Waals surface area contributed by atoms with Crippen LogP contribution in [-0.4, -0.2) is 23.9 Å². The highest BCUT2D eigenvalue weighted by Gasteiger charge is 2.47. The normalized spacial score (nSPS) is 47.5. The zero-order valence-corrected chi connectivity index (χ0v) is 7.75. The molecule has 0 aromatic rings. The van der Waals surface area contributed by atoms with E-state index in [9.17, 15) is 5.11 Å². The maximum Gasteiger partial charge on any atom is 0.0657 e. The Morgan fingerprint density at radius 1 is 1.50 bits per heavy atom. The van der Waals surface area contributed by atoms with Crippen LogP contribution in [0, 0.1) is 5.41 Å². The molecule has 0 aromatic carbocycles. The Balaban J connectivity index is 2.14. The summed E-state index contributed by atoms with van der Waals surface area (Å²) in [5.41, 5.74) is 0.137. The number of rotatable bonds is 1. The molecule has 3 atom stereocenters. The molecule has 12 heavy (non-hydrogen) atoms. The van der Waals surface area contributed by atoms with Gasteiger partial charge in [0.25, 0.3) is 0 Å². The molecular formula is C10H18O2. The molecule has 1 saturated carbocycles. The van der Waals surface area contributed by atoms with Crippen molar-refractivity contribution in [1.29, 1.82) is 0 Å². The van der Waals surface area contributed by atoms with Gasteiger partial charge < -0.3 is 9.84 Å². The van der Waals surface area contributed by atoms with E-state index in [1.807, 2.05) is 0 Å². The van der Waals surface area contributed by atoms with E-state index >= 15 is 0 Å². The second-order valence-corrected chi connectivity index (χ2v) is 4.41. The first-order chi connectivity index (χ1) is 5.77. The van der Waals surface area contributed by atoms with Crippen molar-refractivity contribution in [3.05, 3.63) is 0 Å². The van der Waals surface area contributed by atoms with E-state index in [0.29, 0.717) is 18.8 Å². The van der Waals surface area contributed by atoms with Crippen LogP contribution in [0.1, 0.15) is 39.0 Å². The summed E-state index contributed by atoms with van der Waals surface area (Å²) in [5.74, 6) is 0. The molecule has 2 aliphatic rings. The Hall–Kier alpha value is -0.0800. The minimum atomic E-state index is 0.137. The van der Waals surface area contributed by atoms with Gasteiger partial charge in [-0.2, -0.15) is 0 Å². The molecule has 70 valence electrons. The highest BCUT2D eigenvalue weighted by Crippen LogP contribution is 2.47. The fourth-order valence-electron chi connectivity index (χ4n) is 2.87. The second-order valence-electron chi connectivity index (χ2n) is 4.41. The van der Waals surface area contributed by atoms with Gasteiger partial charge in [-0.25, -0.2) is 0 Å². The van der Waals surface area contributed by atoms with Crippen LogP contribution in [0.15, 0.2) is 0 Å². The maximum absolute atomic E-state index is 9.39. The third-order valence-electron chi connectivity index (χ3n) is 3.48. The van der Waals surface area contributed by atoms with Gasteiger partial charge in [-0.1, -0.05) is 12.8 Å². The molecule has 0 aromatic heterocycles. The van der Waals surface area contributed by atoms with Crippen molar-refractivity contribution in [3.63, 3.8) is 0 Å². The summed E-state index contributed by atoms with van der Waals surface area (Å²) in [5, 5.41) is 9.39. The number of aliphatic hydroxyl groups excluding tert-OH is 1. The fraction of sp³-hybridized carbons (Fsp3) is 1.00. The molecule has 1 saturated heterocycles. The summed E-state index contributed by atoms with van der Waals surface area (Å²) >= 11 is 0. The van der Waals surface area contributed by atoms with Gasteiger partial charge in [0, 0.05) is 5.41 Å². The van der Waals surface area contributed by atoms with Crippen molar-refractivity contribution in [2.45, 2.75) is 51.2 Å². The molecule has 0 amide bonds. The van der Waals surface area contributed by atoms with E-state index in [0.717, 1.165) is 12.8 Å². The molecule has 1 heterocycles. The molecule has 2 rings (SSSR count). The van der Waals surface area contributed by atoms with Gasteiger partial charge in [0.05, 0.1) is 18.8 Å². The summed E-state index contributed by atoms with van der Waals surface area (Å²) < 4.78 is 5.80. The largest absolute Gasteiger partial charge is 0.396 e. The maximum atomic E-state index is 9.39. The fourth-order valence-corrected chi connectivity index (χ4v) is 2.87. The molecule has 2 fully saturated rings. The monoisotopic (exact) mass is 170 g/mol. The van der Waals surface area contributed by atoms with Crippen molar-refractivity contribution >= 4 is 0 Å². The van der Waals surface area contributed by atoms with E-state index in [1.165, 1.54) is 19.3 Å². The second kappa shape index (κ2) is 3.00. The lowest BCUT2D eigenvalue weighted by atomic mass is 9.71. The van der Waals surface area contributed by atoms with E-state index in [1.54, 1.807) is 0 Å². The van der Waals surface area contributed by atoms with Crippen molar-refractivity contribution < 1.29 is 9.84 Å². The van der Waals surface area contributed by atoms with Crippen LogP contribution in [0.2, 0.25) is 0 Å². The lowest BCUT2D eigenvalue weighted by molar-refractivity contribution is -0.0286. The number of fused-ring (bicyclic) bond motifs is 1. The SMILES string of the molecule is C[C@@H]1C[C@@]2(CO)CCCC[C@@H]2O1. The first-order valence-electron chi connectivity index (χ1n) is 5.03. The molecule has 1 aliphatic heterocycles. The Kier molecular flexibility index (Phi) is 2.13. The third-order valence-corrected chi connectivity index (χ3v) is 3.48. The Morgan fingerprint density at radius 2 is 2.33 bits per heavy atom. The standard InChI is InChI=1S/C10H18O2/c1-8-6-10(7-11)5-3-2-4-9(10)12-8/h8-9,11H,2-7H2,1H3/t8-,9+,10-/m1/s1. The van der Waals surface area contributed by atoms with Crippen LogP contribution in [-0.2, 0) is 4.74 Å². The van der Waals surface area contributed by atoms with Gasteiger partial charge in [-0.3, -0.25) is 0 Å². The highest BCUT2D eigenvalue weighted by molar-refractivity contribution is 4.96. The lowest BCUT2D eigenvalue weighted by Crippen LogP contribution is -2.37. The summed E-state index contributed by atoms with van der Waals surface area (Å²) in [6.45, 7) is 2.44. The number of ether oxygens (including phenoxy) is 1.